The number of rotatable bonds is 4. The summed E-state index contributed by atoms with van der Waals surface area (Å²) in [6.45, 7) is 2.80. The van der Waals surface area contributed by atoms with Gasteiger partial charge >= 0.3 is 0 Å². The van der Waals surface area contributed by atoms with Crippen molar-refractivity contribution in [3.8, 4) is 0 Å². The van der Waals surface area contributed by atoms with Crippen LogP contribution in [0, 0.1) is 0 Å². The van der Waals surface area contributed by atoms with Crippen LogP contribution in [0.25, 0.3) is 0 Å². The summed E-state index contributed by atoms with van der Waals surface area (Å²) < 4.78 is 0. The molecule has 0 bridgehead atoms. The van der Waals surface area contributed by atoms with E-state index < -0.39 is 0 Å². The minimum absolute atomic E-state index is 0. The third-order valence-corrected chi connectivity index (χ3v) is 4.82. The minimum Gasteiger partial charge on any atom is -0.370 e. The molecule has 0 radical (unpaired) electrons. The van der Waals surface area contributed by atoms with Gasteiger partial charge in [-0.3, -0.25) is 0 Å². The van der Waals surface area contributed by atoms with E-state index in [0.717, 1.165) is 36.6 Å². The van der Waals surface area contributed by atoms with Crippen molar-refractivity contribution in [3.63, 3.8) is 0 Å². The lowest BCUT2D eigenvalue weighted by molar-refractivity contribution is 0.551. The van der Waals surface area contributed by atoms with Gasteiger partial charge in [-0.05, 0) is 48.4 Å². The van der Waals surface area contributed by atoms with Gasteiger partial charge < -0.3 is 10.2 Å². The molecular formula is C17H18Cl4N2. The van der Waals surface area contributed by atoms with Crippen LogP contribution in [-0.4, -0.2) is 19.1 Å². The van der Waals surface area contributed by atoms with Gasteiger partial charge in [0.15, 0.2) is 0 Å². The molecule has 2 aromatic carbocycles. The molecule has 1 N–H and O–H groups in total. The molecule has 0 aliphatic carbocycles. The molecule has 1 heterocycles. The summed E-state index contributed by atoms with van der Waals surface area (Å²) in [5.41, 5.74) is 2.30. The second kappa shape index (κ2) is 8.46. The average molecular weight is 392 g/mol. The Morgan fingerprint density at radius 3 is 2.39 bits per heavy atom. The summed E-state index contributed by atoms with van der Waals surface area (Å²) >= 11 is 18.1. The van der Waals surface area contributed by atoms with Crippen molar-refractivity contribution in [2.45, 2.75) is 19.0 Å². The summed E-state index contributed by atoms with van der Waals surface area (Å²) in [4.78, 5) is 2.37. The normalized spacial score (nSPS) is 17.2. The van der Waals surface area contributed by atoms with Crippen LogP contribution in [0.5, 0.6) is 0 Å². The van der Waals surface area contributed by atoms with Crippen LogP contribution in [0.1, 0.15) is 12.0 Å². The average Bonchev–Trinajstić information content (AvgIpc) is 2.96. The Bertz CT molecular complexity index is 646. The van der Waals surface area contributed by atoms with Gasteiger partial charge in [-0.15, -0.1) is 12.4 Å². The SMILES string of the molecule is Cl.Clc1ccc(N2CCC(NCc3ccc(Cl)cc3Cl)C2)cc1. The number of nitrogens with one attached hydrogen (secondary N) is 1. The van der Waals surface area contributed by atoms with Crippen molar-refractivity contribution in [2.24, 2.45) is 0 Å². The highest BCUT2D eigenvalue weighted by Crippen LogP contribution is 2.24. The van der Waals surface area contributed by atoms with Crippen molar-refractivity contribution in [3.05, 3.63) is 63.1 Å². The first kappa shape index (κ1) is 18.7. The molecule has 124 valence electrons. The zero-order valence-corrected chi connectivity index (χ0v) is 15.5. The highest BCUT2D eigenvalue weighted by Gasteiger charge is 2.22. The standard InChI is InChI=1S/C17H17Cl3N2.ClH/c18-13-3-5-16(6-4-13)22-8-7-15(11-22)21-10-12-1-2-14(19)9-17(12)20;/h1-6,9,15,21H,7-8,10-11H2;1H. The monoisotopic (exact) mass is 390 g/mol. The smallest absolute Gasteiger partial charge is 0.0465 e. The van der Waals surface area contributed by atoms with Gasteiger partial charge in [0.1, 0.15) is 0 Å². The maximum absolute atomic E-state index is 6.21. The molecule has 2 aromatic rings. The Kier molecular flexibility index (Phi) is 6.87. The molecule has 1 aliphatic heterocycles. The quantitative estimate of drug-likeness (QED) is 0.746. The van der Waals surface area contributed by atoms with Crippen molar-refractivity contribution < 1.29 is 0 Å². The van der Waals surface area contributed by atoms with E-state index in [1.807, 2.05) is 24.3 Å². The Hall–Kier alpha value is -0.640. The maximum Gasteiger partial charge on any atom is 0.0465 e. The van der Waals surface area contributed by atoms with Crippen molar-refractivity contribution in [1.82, 2.24) is 5.32 Å². The van der Waals surface area contributed by atoms with Gasteiger partial charge in [0.05, 0.1) is 0 Å². The lowest BCUT2D eigenvalue weighted by atomic mass is 10.2. The zero-order valence-electron chi connectivity index (χ0n) is 12.4. The fourth-order valence-corrected chi connectivity index (χ4v) is 3.33. The Morgan fingerprint density at radius 2 is 1.70 bits per heavy atom. The number of benzene rings is 2. The summed E-state index contributed by atoms with van der Waals surface area (Å²) in [6.07, 6.45) is 1.12. The van der Waals surface area contributed by atoms with Gasteiger partial charge in [0.25, 0.3) is 0 Å². The van der Waals surface area contributed by atoms with E-state index in [9.17, 15) is 0 Å². The van der Waals surface area contributed by atoms with Crippen molar-refractivity contribution in [1.29, 1.82) is 0 Å². The first-order chi connectivity index (χ1) is 10.6. The third-order valence-electron chi connectivity index (χ3n) is 3.98. The van der Waals surface area contributed by atoms with Gasteiger partial charge in [-0.25, -0.2) is 0 Å². The maximum atomic E-state index is 6.21. The molecule has 1 aliphatic rings. The molecule has 1 saturated heterocycles. The Balaban J connectivity index is 0.00000192. The van der Waals surface area contributed by atoms with Crippen LogP contribution in [0.3, 0.4) is 0 Å². The molecule has 0 aromatic heterocycles. The van der Waals surface area contributed by atoms with E-state index in [2.05, 4.69) is 22.3 Å². The molecule has 3 rings (SSSR count). The fraction of sp³-hybridized carbons (Fsp3) is 0.294. The highest BCUT2D eigenvalue weighted by molar-refractivity contribution is 6.35. The van der Waals surface area contributed by atoms with Gasteiger partial charge in [0, 0.05) is 46.4 Å². The predicted molar refractivity (Wildman–Crippen MR) is 103 cm³/mol. The molecule has 1 atom stereocenters. The molecule has 0 spiro atoms. The first-order valence-electron chi connectivity index (χ1n) is 7.29. The van der Waals surface area contributed by atoms with E-state index in [4.69, 9.17) is 34.8 Å². The second-order valence-corrected chi connectivity index (χ2v) is 6.80. The lowest BCUT2D eigenvalue weighted by Gasteiger charge is -2.19. The number of anilines is 1. The van der Waals surface area contributed by atoms with E-state index in [1.165, 1.54) is 5.69 Å². The summed E-state index contributed by atoms with van der Waals surface area (Å²) in [5, 5.41) is 5.73. The molecule has 0 amide bonds. The van der Waals surface area contributed by atoms with Crippen molar-refractivity contribution in [2.75, 3.05) is 18.0 Å². The summed E-state index contributed by atoms with van der Waals surface area (Å²) in [7, 11) is 0. The molecule has 1 unspecified atom stereocenters. The largest absolute Gasteiger partial charge is 0.370 e. The van der Waals surface area contributed by atoms with Gasteiger partial charge in [0.2, 0.25) is 0 Å². The molecule has 1 fully saturated rings. The Morgan fingerprint density at radius 1 is 1.00 bits per heavy atom. The first-order valence-corrected chi connectivity index (χ1v) is 8.43. The zero-order chi connectivity index (χ0) is 15.5. The van der Waals surface area contributed by atoms with Gasteiger partial charge in [-0.1, -0.05) is 40.9 Å². The van der Waals surface area contributed by atoms with E-state index in [1.54, 1.807) is 6.07 Å². The van der Waals surface area contributed by atoms with Crippen LogP contribution in [0.15, 0.2) is 42.5 Å². The number of hydrogen-bond donors (Lipinski definition) is 1. The summed E-state index contributed by atoms with van der Waals surface area (Å²) in [5.74, 6) is 0. The second-order valence-electron chi connectivity index (χ2n) is 5.52. The molecule has 0 saturated carbocycles. The molecule has 23 heavy (non-hydrogen) atoms. The lowest BCUT2D eigenvalue weighted by Crippen LogP contribution is -2.32. The summed E-state index contributed by atoms with van der Waals surface area (Å²) in [6, 6.07) is 14.1. The minimum atomic E-state index is 0. The van der Waals surface area contributed by atoms with Crippen LogP contribution in [0.2, 0.25) is 15.1 Å². The molecule has 2 nitrogen and oxygen atoms in total. The van der Waals surface area contributed by atoms with E-state index >= 15 is 0 Å². The number of halogens is 4. The fourth-order valence-electron chi connectivity index (χ4n) is 2.73. The number of hydrogen-bond acceptors (Lipinski definition) is 2. The van der Waals surface area contributed by atoms with Crippen LogP contribution >= 0.6 is 47.2 Å². The van der Waals surface area contributed by atoms with E-state index in [-0.39, 0.29) is 12.4 Å². The highest BCUT2D eigenvalue weighted by atomic mass is 35.5. The third kappa shape index (κ3) is 4.91. The predicted octanol–water partition coefficient (Wildman–Crippen LogP) is 5.44. The Labute approximate surface area is 158 Å². The topological polar surface area (TPSA) is 15.3 Å². The van der Waals surface area contributed by atoms with Crippen LogP contribution in [-0.2, 0) is 6.54 Å². The van der Waals surface area contributed by atoms with Crippen LogP contribution < -0.4 is 10.2 Å². The van der Waals surface area contributed by atoms with Crippen LogP contribution in [0.4, 0.5) is 5.69 Å². The van der Waals surface area contributed by atoms with E-state index in [0.29, 0.717) is 16.1 Å². The van der Waals surface area contributed by atoms with Crippen molar-refractivity contribution >= 4 is 52.9 Å². The van der Waals surface area contributed by atoms with Gasteiger partial charge in [-0.2, -0.15) is 0 Å². The number of nitrogens with zero attached hydrogens (tertiary/aromatic N) is 1. The molecule has 6 heteroatoms. The molecular weight excluding hydrogens is 374 g/mol.